The van der Waals surface area contributed by atoms with Crippen LogP contribution in [0.4, 0.5) is 11.5 Å². The molecule has 31 heavy (non-hydrogen) atoms. The number of hydrogen-bond acceptors (Lipinski definition) is 5. The first-order valence-corrected chi connectivity index (χ1v) is 12.5. The molecule has 0 fully saturated rings. The highest BCUT2D eigenvalue weighted by Gasteiger charge is 2.21. The van der Waals surface area contributed by atoms with Crippen LogP contribution in [0.1, 0.15) is 36.8 Å². The summed E-state index contributed by atoms with van der Waals surface area (Å²) in [4.78, 5) is 8.20. The molecule has 0 radical (unpaired) electrons. The maximum atomic E-state index is 12.7. The van der Waals surface area contributed by atoms with Crippen LogP contribution in [0, 0.1) is 6.92 Å². The zero-order chi connectivity index (χ0) is 21.6. The molecule has 0 spiro atoms. The Morgan fingerprint density at radius 2 is 1.94 bits per heavy atom. The number of nitrogens with two attached hydrogens (primary N) is 1. The Bertz CT molecular complexity index is 1070. The highest BCUT2D eigenvalue weighted by molar-refractivity contribution is 7.85. The normalized spacial score (nSPS) is 16.2. The number of pyridine rings is 1. The van der Waals surface area contributed by atoms with Crippen LogP contribution in [0.3, 0.4) is 0 Å². The second kappa shape index (κ2) is 10.2. The number of aryl methyl sites for hydroxylation is 1. The van der Waals surface area contributed by atoms with E-state index in [1.54, 1.807) is 0 Å². The molecule has 2 heterocycles. The predicted molar refractivity (Wildman–Crippen MR) is 131 cm³/mol. The van der Waals surface area contributed by atoms with Gasteiger partial charge in [0.1, 0.15) is 5.82 Å². The van der Waals surface area contributed by atoms with Crippen molar-refractivity contribution in [2.24, 2.45) is 5.73 Å². The van der Waals surface area contributed by atoms with Crippen molar-refractivity contribution in [2.45, 2.75) is 44.0 Å². The fraction of sp³-hybridized carbons (Fsp3) is 0.400. The monoisotopic (exact) mass is 436 g/mol. The SMILES string of the molecule is Cc1ccc2nc(N3CCS(=O)c4ccccc4C3)cc(NCCCCCCN)c2c1. The third-order valence-corrected chi connectivity index (χ3v) is 7.29. The molecule has 6 heteroatoms. The number of anilines is 2. The Labute approximate surface area is 187 Å². The summed E-state index contributed by atoms with van der Waals surface area (Å²) in [6, 6.07) is 16.6. The zero-order valence-corrected chi connectivity index (χ0v) is 19.1. The number of unbranched alkanes of at least 4 members (excludes halogenated alkanes) is 3. The molecule has 4 rings (SSSR count). The maximum absolute atomic E-state index is 12.7. The highest BCUT2D eigenvalue weighted by Crippen LogP contribution is 2.30. The Balaban J connectivity index is 1.61. The van der Waals surface area contributed by atoms with Crippen LogP contribution in [0.2, 0.25) is 0 Å². The summed E-state index contributed by atoms with van der Waals surface area (Å²) in [6.45, 7) is 5.28. The van der Waals surface area contributed by atoms with Gasteiger partial charge in [-0.25, -0.2) is 4.98 Å². The van der Waals surface area contributed by atoms with Gasteiger partial charge in [-0.1, -0.05) is 42.7 Å². The van der Waals surface area contributed by atoms with Crippen LogP contribution in [0.25, 0.3) is 10.9 Å². The molecule has 1 aromatic heterocycles. The highest BCUT2D eigenvalue weighted by atomic mass is 32.2. The van der Waals surface area contributed by atoms with E-state index >= 15 is 0 Å². The molecule has 1 unspecified atom stereocenters. The predicted octanol–water partition coefficient (Wildman–Crippen LogP) is 4.60. The summed E-state index contributed by atoms with van der Waals surface area (Å²) >= 11 is 0. The first-order chi connectivity index (χ1) is 15.2. The molecule has 0 bridgehead atoms. The number of nitrogens with zero attached hydrogens (tertiary/aromatic N) is 2. The van der Waals surface area contributed by atoms with Gasteiger partial charge in [-0.05, 0) is 50.1 Å². The van der Waals surface area contributed by atoms with Crippen molar-refractivity contribution < 1.29 is 4.21 Å². The van der Waals surface area contributed by atoms with Gasteiger partial charge in [0.15, 0.2) is 0 Å². The Morgan fingerprint density at radius 1 is 1.10 bits per heavy atom. The lowest BCUT2D eigenvalue weighted by atomic mass is 10.1. The van der Waals surface area contributed by atoms with Gasteiger partial charge in [0.05, 0.1) is 16.3 Å². The standard InChI is InChI=1S/C25H32N4OS/c1-19-10-11-22-21(16-19)23(27-13-7-3-2-6-12-26)17-25(28-22)29-14-15-31(30)24-9-5-4-8-20(24)18-29/h4-5,8-11,16-17H,2-3,6-7,12-15,18,26H2,1H3,(H,27,28). The van der Waals surface area contributed by atoms with Crippen molar-refractivity contribution in [2.75, 3.05) is 35.6 Å². The van der Waals surface area contributed by atoms with Gasteiger partial charge < -0.3 is 16.0 Å². The summed E-state index contributed by atoms with van der Waals surface area (Å²) in [6.07, 6.45) is 4.60. The second-order valence-electron chi connectivity index (χ2n) is 8.26. The van der Waals surface area contributed by atoms with Crippen LogP contribution < -0.4 is 16.0 Å². The minimum atomic E-state index is -0.966. The van der Waals surface area contributed by atoms with Crippen LogP contribution in [0.5, 0.6) is 0 Å². The smallest absolute Gasteiger partial charge is 0.131 e. The number of rotatable bonds is 8. The number of nitrogens with one attached hydrogen (secondary N) is 1. The largest absolute Gasteiger partial charge is 0.384 e. The summed E-state index contributed by atoms with van der Waals surface area (Å²) in [7, 11) is -0.966. The van der Waals surface area contributed by atoms with Crippen molar-refractivity contribution in [3.8, 4) is 0 Å². The van der Waals surface area contributed by atoms with Crippen LogP contribution in [0.15, 0.2) is 53.4 Å². The summed E-state index contributed by atoms with van der Waals surface area (Å²) in [5.41, 5.74) is 10.1. The molecule has 1 atom stereocenters. The zero-order valence-electron chi connectivity index (χ0n) is 18.3. The van der Waals surface area contributed by atoms with Gasteiger partial charge in [0.25, 0.3) is 0 Å². The molecule has 0 aliphatic carbocycles. The van der Waals surface area contributed by atoms with E-state index in [2.05, 4.69) is 47.5 Å². The maximum Gasteiger partial charge on any atom is 0.131 e. The summed E-state index contributed by atoms with van der Waals surface area (Å²) in [5.74, 6) is 1.56. The first kappa shape index (κ1) is 21.8. The molecular formula is C25H32N4OS. The molecule has 0 amide bonds. The minimum absolute atomic E-state index is 0.620. The van der Waals surface area contributed by atoms with E-state index in [9.17, 15) is 4.21 Å². The van der Waals surface area contributed by atoms with Crippen molar-refractivity contribution in [3.05, 3.63) is 59.7 Å². The summed E-state index contributed by atoms with van der Waals surface area (Å²) in [5, 5.41) is 4.81. The molecular weight excluding hydrogens is 404 g/mol. The van der Waals surface area contributed by atoms with Gasteiger partial charge in [0.2, 0.25) is 0 Å². The Hall–Kier alpha value is -2.44. The first-order valence-electron chi connectivity index (χ1n) is 11.2. The van der Waals surface area contributed by atoms with Crippen LogP contribution >= 0.6 is 0 Å². The molecule has 1 aliphatic heterocycles. The van der Waals surface area contributed by atoms with Crippen molar-refractivity contribution in [3.63, 3.8) is 0 Å². The summed E-state index contributed by atoms with van der Waals surface area (Å²) < 4.78 is 12.7. The van der Waals surface area contributed by atoms with E-state index in [1.165, 1.54) is 18.4 Å². The van der Waals surface area contributed by atoms with E-state index in [1.807, 2.05) is 18.2 Å². The number of aromatic nitrogens is 1. The number of hydrogen-bond donors (Lipinski definition) is 2. The van der Waals surface area contributed by atoms with Gasteiger partial charge in [-0.2, -0.15) is 0 Å². The van der Waals surface area contributed by atoms with Crippen LogP contribution in [-0.2, 0) is 17.3 Å². The third kappa shape index (κ3) is 5.25. The quantitative estimate of drug-likeness (QED) is 0.505. The lowest BCUT2D eigenvalue weighted by molar-refractivity contribution is 0.661. The van der Waals surface area contributed by atoms with Gasteiger partial charge in [-0.3, -0.25) is 4.21 Å². The lowest BCUT2D eigenvalue weighted by Gasteiger charge is -2.23. The van der Waals surface area contributed by atoms with E-state index in [4.69, 9.17) is 10.7 Å². The average Bonchev–Trinajstić information content (AvgIpc) is 2.95. The van der Waals surface area contributed by atoms with Crippen LogP contribution in [-0.4, -0.2) is 34.6 Å². The van der Waals surface area contributed by atoms with E-state index in [0.29, 0.717) is 5.75 Å². The molecule has 0 saturated heterocycles. The molecule has 164 valence electrons. The molecule has 1 aliphatic rings. The number of benzene rings is 2. The molecule has 3 N–H and O–H groups in total. The third-order valence-electron chi connectivity index (χ3n) is 5.85. The van der Waals surface area contributed by atoms with Gasteiger partial charge >= 0.3 is 0 Å². The number of fused-ring (bicyclic) bond motifs is 2. The van der Waals surface area contributed by atoms with Crippen molar-refractivity contribution in [1.82, 2.24) is 4.98 Å². The van der Waals surface area contributed by atoms with Crippen molar-refractivity contribution in [1.29, 1.82) is 0 Å². The Morgan fingerprint density at radius 3 is 2.81 bits per heavy atom. The van der Waals surface area contributed by atoms with E-state index in [-0.39, 0.29) is 0 Å². The Kier molecular flexibility index (Phi) is 7.20. The average molecular weight is 437 g/mol. The molecule has 5 nitrogen and oxygen atoms in total. The van der Waals surface area contributed by atoms with Gasteiger partial charge in [-0.15, -0.1) is 0 Å². The van der Waals surface area contributed by atoms with E-state index < -0.39 is 10.8 Å². The molecule has 0 saturated carbocycles. The lowest BCUT2D eigenvalue weighted by Crippen LogP contribution is -2.26. The van der Waals surface area contributed by atoms with Gasteiger partial charge in [0, 0.05) is 47.4 Å². The molecule has 3 aromatic rings. The fourth-order valence-electron chi connectivity index (χ4n) is 4.12. The van der Waals surface area contributed by atoms with Crippen molar-refractivity contribution >= 4 is 33.2 Å². The minimum Gasteiger partial charge on any atom is -0.384 e. The topological polar surface area (TPSA) is 71.2 Å². The second-order valence-corrected chi connectivity index (χ2v) is 9.80. The molecule has 2 aromatic carbocycles. The fourth-order valence-corrected chi connectivity index (χ4v) is 5.38. The van der Waals surface area contributed by atoms with E-state index in [0.717, 1.165) is 71.9 Å².